The molecule has 3 rings (SSSR count). The monoisotopic (exact) mass is 381 g/mol. The molecule has 1 aliphatic rings. The molecule has 2 heterocycles. The maximum absolute atomic E-state index is 12.6. The van der Waals surface area contributed by atoms with E-state index in [1.54, 1.807) is 4.90 Å². The van der Waals surface area contributed by atoms with Gasteiger partial charge in [-0.05, 0) is 30.5 Å². The molecule has 0 unspecified atom stereocenters. The van der Waals surface area contributed by atoms with Gasteiger partial charge >= 0.3 is 6.03 Å². The fourth-order valence-electron chi connectivity index (χ4n) is 3.28. The van der Waals surface area contributed by atoms with E-state index in [1.165, 1.54) is 22.6 Å². The van der Waals surface area contributed by atoms with Gasteiger partial charge in [0.2, 0.25) is 0 Å². The van der Waals surface area contributed by atoms with Crippen molar-refractivity contribution in [3.8, 4) is 11.8 Å². The van der Waals surface area contributed by atoms with Gasteiger partial charge < -0.3 is 9.64 Å². The first kappa shape index (κ1) is 19.9. The molecule has 2 aromatic rings. The van der Waals surface area contributed by atoms with Crippen LogP contribution in [0, 0.1) is 11.3 Å². The summed E-state index contributed by atoms with van der Waals surface area (Å²) in [5.41, 5.74) is 1.62. The lowest BCUT2D eigenvalue weighted by atomic mass is 10.2. The van der Waals surface area contributed by atoms with Gasteiger partial charge in [-0.3, -0.25) is 4.90 Å². The molecular formula is C21H27N5O2. The average Bonchev–Trinajstić information content (AvgIpc) is 3.08. The first-order chi connectivity index (χ1) is 13.7. The molecule has 148 valence electrons. The van der Waals surface area contributed by atoms with E-state index in [-0.39, 0.29) is 6.03 Å². The Morgan fingerprint density at radius 3 is 2.96 bits per heavy atom. The molecule has 0 N–H and O–H groups in total. The van der Waals surface area contributed by atoms with Gasteiger partial charge in [0.15, 0.2) is 0 Å². The predicted molar refractivity (Wildman–Crippen MR) is 106 cm³/mol. The lowest BCUT2D eigenvalue weighted by Gasteiger charge is -2.22. The van der Waals surface area contributed by atoms with Gasteiger partial charge in [0.05, 0.1) is 24.6 Å². The summed E-state index contributed by atoms with van der Waals surface area (Å²) in [6.45, 7) is 6.83. The van der Waals surface area contributed by atoms with Crippen molar-refractivity contribution < 1.29 is 9.53 Å². The van der Waals surface area contributed by atoms with Crippen LogP contribution in [-0.2, 0) is 6.54 Å². The SMILES string of the molecule is CCCCOc1cccc(CN2CCCN(C(=O)n3cc(C#N)cn3)CC2)c1. The summed E-state index contributed by atoms with van der Waals surface area (Å²) in [4.78, 5) is 16.8. The van der Waals surface area contributed by atoms with Crippen LogP contribution in [0.25, 0.3) is 0 Å². The van der Waals surface area contributed by atoms with Gasteiger partial charge in [0.1, 0.15) is 11.8 Å². The van der Waals surface area contributed by atoms with Crippen LogP contribution in [0.2, 0.25) is 0 Å². The number of amides is 1. The molecule has 28 heavy (non-hydrogen) atoms. The number of ether oxygens (including phenoxy) is 1. The smallest absolute Gasteiger partial charge is 0.344 e. The zero-order valence-electron chi connectivity index (χ0n) is 16.4. The second-order valence-corrected chi connectivity index (χ2v) is 7.03. The molecule has 0 bridgehead atoms. The Kier molecular flexibility index (Phi) is 7.04. The fraction of sp³-hybridized carbons (Fsp3) is 0.476. The van der Waals surface area contributed by atoms with Crippen LogP contribution in [0.1, 0.15) is 37.3 Å². The van der Waals surface area contributed by atoms with E-state index in [9.17, 15) is 4.79 Å². The molecule has 7 nitrogen and oxygen atoms in total. The summed E-state index contributed by atoms with van der Waals surface area (Å²) in [6.07, 6.45) is 5.99. The summed E-state index contributed by atoms with van der Waals surface area (Å²) in [6, 6.07) is 10.1. The van der Waals surface area contributed by atoms with Crippen LogP contribution in [0.15, 0.2) is 36.7 Å². The number of rotatable bonds is 6. The van der Waals surface area contributed by atoms with Crippen molar-refractivity contribution in [2.75, 3.05) is 32.8 Å². The third-order valence-electron chi connectivity index (χ3n) is 4.84. The van der Waals surface area contributed by atoms with Crippen molar-refractivity contribution >= 4 is 6.03 Å². The molecular weight excluding hydrogens is 354 g/mol. The average molecular weight is 381 g/mol. The zero-order chi connectivity index (χ0) is 19.8. The van der Waals surface area contributed by atoms with E-state index >= 15 is 0 Å². The number of benzene rings is 1. The summed E-state index contributed by atoms with van der Waals surface area (Å²) >= 11 is 0. The fourth-order valence-corrected chi connectivity index (χ4v) is 3.28. The Labute approximate surface area is 166 Å². The molecule has 0 spiro atoms. The maximum Gasteiger partial charge on any atom is 0.344 e. The highest BCUT2D eigenvalue weighted by atomic mass is 16.5. The molecule has 0 saturated carbocycles. The zero-order valence-corrected chi connectivity index (χ0v) is 16.4. The van der Waals surface area contributed by atoms with Crippen molar-refractivity contribution in [1.82, 2.24) is 19.6 Å². The van der Waals surface area contributed by atoms with Crippen LogP contribution in [0.3, 0.4) is 0 Å². The van der Waals surface area contributed by atoms with Crippen LogP contribution in [0.4, 0.5) is 4.79 Å². The predicted octanol–water partition coefficient (Wildman–Crippen LogP) is 3.11. The van der Waals surface area contributed by atoms with Gasteiger partial charge in [0.25, 0.3) is 0 Å². The second-order valence-electron chi connectivity index (χ2n) is 7.03. The highest BCUT2D eigenvalue weighted by molar-refractivity contribution is 5.76. The van der Waals surface area contributed by atoms with Crippen molar-refractivity contribution in [2.45, 2.75) is 32.7 Å². The Balaban J connectivity index is 1.54. The molecule has 1 aromatic heterocycles. The van der Waals surface area contributed by atoms with E-state index in [1.807, 2.05) is 18.2 Å². The molecule has 1 amide bonds. The van der Waals surface area contributed by atoms with E-state index in [0.717, 1.165) is 51.3 Å². The highest BCUT2D eigenvalue weighted by Gasteiger charge is 2.21. The lowest BCUT2D eigenvalue weighted by Crippen LogP contribution is -2.38. The highest BCUT2D eigenvalue weighted by Crippen LogP contribution is 2.17. The number of carbonyl (C=O) groups is 1. The third-order valence-corrected chi connectivity index (χ3v) is 4.84. The third kappa shape index (κ3) is 5.33. The van der Waals surface area contributed by atoms with Gasteiger partial charge in [-0.1, -0.05) is 25.5 Å². The molecule has 1 saturated heterocycles. The first-order valence-electron chi connectivity index (χ1n) is 9.87. The first-order valence-corrected chi connectivity index (χ1v) is 9.87. The molecule has 1 aliphatic heterocycles. The van der Waals surface area contributed by atoms with E-state index < -0.39 is 0 Å². The molecule has 0 radical (unpaired) electrons. The van der Waals surface area contributed by atoms with Crippen LogP contribution in [-0.4, -0.2) is 58.4 Å². The van der Waals surface area contributed by atoms with E-state index in [4.69, 9.17) is 10.00 Å². The van der Waals surface area contributed by atoms with Crippen molar-refractivity contribution in [3.63, 3.8) is 0 Å². The number of hydrogen-bond acceptors (Lipinski definition) is 5. The van der Waals surface area contributed by atoms with Crippen LogP contribution < -0.4 is 4.74 Å². The Hall–Kier alpha value is -2.85. The van der Waals surface area contributed by atoms with Gasteiger partial charge in [-0.25, -0.2) is 4.79 Å². The number of nitriles is 1. The summed E-state index contributed by atoms with van der Waals surface area (Å²) in [5, 5.41) is 12.9. The minimum absolute atomic E-state index is 0.172. The van der Waals surface area contributed by atoms with Crippen molar-refractivity contribution in [2.24, 2.45) is 0 Å². The quantitative estimate of drug-likeness (QED) is 0.719. The molecule has 0 aliphatic carbocycles. The number of nitrogens with zero attached hydrogens (tertiary/aromatic N) is 5. The Morgan fingerprint density at radius 1 is 1.29 bits per heavy atom. The topological polar surface area (TPSA) is 74.4 Å². The van der Waals surface area contributed by atoms with Crippen LogP contribution >= 0.6 is 0 Å². The van der Waals surface area contributed by atoms with Crippen molar-refractivity contribution in [3.05, 3.63) is 47.8 Å². The number of unbranched alkanes of at least 4 members (excludes halogenated alkanes) is 1. The van der Waals surface area contributed by atoms with E-state index in [0.29, 0.717) is 18.7 Å². The Morgan fingerprint density at radius 2 is 2.18 bits per heavy atom. The van der Waals surface area contributed by atoms with Gasteiger partial charge in [-0.2, -0.15) is 15.0 Å². The van der Waals surface area contributed by atoms with E-state index in [2.05, 4.69) is 29.1 Å². The molecule has 1 fully saturated rings. The Bertz CT molecular complexity index is 826. The standard InChI is InChI=1S/C21H27N5O2/c1-2-3-12-28-20-7-4-6-18(13-20)16-24-8-5-9-25(11-10-24)21(27)26-17-19(14-22)15-23-26/h4,6-7,13,15,17H,2-3,5,8-12,16H2,1H3. The number of carbonyl (C=O) groups excluding carboxylic acids is 1. The van der Waals surface area contributed by atoms with Crippen molar-refractivity contribution in [1.29, 1.82) is 5.26 Å². The summed E-state index contributed by atoms with van der Waals surface area (Å²) in [5.74, 6) is 0.921. The minimum atomic E-state index is -0.172. The second kappa shape index (κ2) is 9.90. The summed E-state index contributed by atoms with van der Waals surface area (Å²) < 4.78 is 7.06. The normalized spacial score (nSPS) is 15.1. The molecule has 1 aromatic carbocycles. The van der Waals surface area contributed by atoms with Gasteiger partial charge in [-0.15, -0.1) is 0 Å². The number of aromatic nitrogens is 2. The lowest BCUT2D eigenvalue weighted by molar-refractivity contribution is 0.196. The largest absolute Gasteiger partial charge is 0.494 e. The van der Waals surface area contributed by atoms with Crippen LogP contribution in [0.5, 0.6) is 5.75 Å². The minimum Gasteiger partial charge on any atom is -0.494 e. The molecule has 7 heteroatoms. The van der Waals surface area contributed by atoms with Gasteiger partial charge in [0, 0.05) is 32.7 Å². The molecule has 0 atom stereocenters. The summed E-state index contributed by atoms with van der Waals surface area (Å²) in [7, 11) is 0. The maximum atomic E-state index is 12.6. The number of hydrogen-bond donors (Lipinski definition) is 0.